The molecule has 0 saturated heterocycles. The van der Waals surface area contributed by atoms with Crippen molar-refractivity contribution in [2.45, 2.75) is 6.55 Å². The van der Waals surface area contributed by atoms with Gasteiger partial charge in [-0.15, -0.1) is 0 Å². The van der Waals surface area contributed by atoms with E-state index in [2.05, 4.69) is 43.6 Å². The van der Waals surface area contributed by atoms with Crippen molar-refractivity contribution in [1.82, 2.24) is 0 Å². The zero-order chi connectivity index (χ0) is 5.21. The normalized spacial score (nSPS) is 20.0. The lowest BCUT2D eigenvalue weighted by Gasteiger charge is -2.04. The highest BCUT2D eigenvalue weighted by Crippen LogP contribution is 2.19. The van der Waals surface area contributed by atoms with Crippen LogP contribution in [0, 0.1) is 0 Å². The third-order valence-corrected chi connectivity index (χ3v) is 3.37. The summed E-state index contributed by atoms with van der Waals surface area (Å²) in [6.45, 7) is 2.06. The first kappa shape index (κ1) is 7.39. The molecule has 4 heteroatoms. The van der Waals surface area contributed by atoms with E-state index in [9.17, 15) is 0 Å². The van der Waals surface area contributed by atoms with Crippen LogP contribution in [-0.2, 0) is 4.43 Å². The van der Waals surface area contributed by atoms with E-state index in [1.165, 1.54) is 0 Å². The van der Waals surface area contributed by atoms with Crippen LogP contribution in [0.25, 0.3) is 0 Å². The zero-order valence-electron chi connectivity index (χ0n) is 3.66. The van der Waals surface area contributed by atoms with Gasteiger partial charge >= 0.3 is 4.43 Å². The average molecular weight is 281 g/mol. The third-order valence-electron chi connectivity index (χ3n) is 0.358. The number of hydrogen-bond donors (Lipinski definition) is 0. The molecular formula is C2H6BrIOSi. The summed E-state index contributed by atoms with van der Waals surface area (Å²) in [5.41, 5.74) is 0. The fourth-order valence-corrected chi connectivity index (χ4v) is 0. The van der Waals surface area contributed by atoms with Gasteiger partial charge in [-0.05, 0) is 6.55 Å². The molecule has 6 heavy (non-hydrogen) atoms. The molecule has 1 nitrogen and oxygen atoms in total. The number of rotatable bonds is 1. The fourth-order valence-electron chi connectivity index (χ4n) is 0. The van der Waals surface area contributed by atoms with Crippen molar-refractivity contribution in [2.75, 3.05) is 7.11 Å². The maximum Gasteiger partial charge on any atom is 0.327 e. The minimum absolute atomic E-state index is 1.35. The summed E-state index contributed by atoms with van der Waals surface area (Å²) in [5, 5.41) is 0. The Morgan fingerprint density at radius 1 is 1.83 bits per heavy atom. The summed E-state index contributed by atoms with van der Waals surface area (Å²) in [5.74, 6) is 0. The maximum absolute atomic E-state index is 4.98. The molecule has 0 aromatic heterocycles. The average Bonchev–Trinajstić information content (AvgIpc) is 1.35. The number of hydrogen-bond acceptors (Lipinski definition) is 1. The summed E-state index contributed by atoms with van der Waals surface area (Å²) in [6.07, 6.45) is 0. The van der Waals surface area contributed by atoms with Gasteiger partial charge in [0, 0.05) is 7.11 Å². The summed E-state index contributed by atoms with van der Waals surface area (Å²) in [6, 6.07) is 0. The van der Waals surface area contributed by atoms with Gasteiger partial charge in [0.1, 0.15) is 0 Å². The Labute approximate surface area is 59.4 Å². The monoisotopic (exact) mass is 280 g/mol. The Balaban J connectivity index is 3.17. The molecule has 0 fully saturated rings. The van der Waals surface area contributed by atoms with Crippen molar-refractivity contribution >= 4 is 41.5 Å². The Kier molecular flexibility index (Phi) is 3.24. The Hall–Kier alpha value is 1.39. The predicted octanol–water partition coefficient (Wildman–Crippen LogP) is 2.03. The van der Waals surface area contributed by atoms with Crippen molar-refractivity contribution < 1.29 is 4.43 Å². The van der Waals surface area contributed by atoms with E-state index in [0.717, 1.165) is 0 Å². The highest BCUT2D eigenvalue weighted by atomic mass is 127. The zero-order valence-corrected chi connectivity index (χ0v) is 8.41. The van der Waals surface area contributed by atoms with E-state index >= 15 is 0 Å². The van der Waals surface area contributed by atoms with Crippen LogP contribution >= 0.6 is 37.1 Å². The van der Waals surface area contributed by atoms with E-state index in [0.29, 0.717) is 0 Å². The highest BCUT2D eigenvalue weighted by Gasteiger charge is 2.16. The maximum atomic E-state index is 4.98. The van der Waals surface area contributed by atoms with E-state index < -0.39 is 4.43 Å². The van der Waals surface area contributed by atoms with Crippen LogP contribution in [0.3, 0.4) is 0 Å². The predicted molar refractivity (Wildman–Crippen MR) is 41.6 cm³/mol. The van der Waals surface area contributed by atoms with Gasteiger partial charge in [-0.1, -0.05) is 37.1 Å². The molecule has 0 bridgehead atoms. The van der Waals surface area contributed by atoms with Crippen molar-refractivity contribution in [2.24, 2.45) is 0 Å². The van der Waals surface area contributed by atoms with Gasteiger partial charge in [0.05, 0.1) is 0 Å². The molecule has 0 heterocycles. The van der Waals surface area contributed by atoms with Crippen molar-refractivity contribution in [1.29, 1.82) is 0 Å². The standard InChI is InChI=1S/C2H6BrIOSi/c1-5-6(2,3)4/h1-2H3. The van der Waals surface area contributed by atoms with Gasteiger partial charge in [-0.25, -0.2) is 0 Å². The SMILES string of the molecule is CO[Si](C)(Br)I. The largest absolute Gasteiger partial charge is 0.403 e. The first-order valence-electron chi connectivity index (χ1n) is 1.49. The highest BCUT2D eigenvalue weighted by molar-refractivity contribution is 14.1. The third kappa shape index (κ3) is 5.39. The molecule has 1 unspecified atom stereocenters. The van der Waals surface area contributed by atoms with Crippen LogP contribution in [0.1, 0.15) is 0 Å². The van der Waals surface area contributed by atoms with Crippen LogP contribution in [0.4, 0.5) is 0 Å². The molecule has 0 aliphatic carbocycles. The Morgan fingerprint density at radius 2 is 2.00 bits per heavy atom. The van der Waals surface area contributed by atoms with E-state index in [4.69, 9.17) is 4.43 Å². The molecule has 0 aromatic rings. The second-order valence-electron chi connectivity index (χ2n) is 1.01. The second kappa shape index (κ2) is 2.63. The van der Waals surface area contributed by atoms with Gasteiger partial charge in [0.15, 0.2) is 0 Å². The van der Waals surface area contributed by atoms with Gasteiger partial charge < -0.3 is 4.43 Å². The van der Waals surface area contributed by atoms with Crippen LogP contribution in [0.15, 0.2) is 0 Å². The van der Waals surface area contributed by atoms with Gasteiger partial charge in [-0.2, -0.15) is 0 Å². The lowest BCUT2D eigenvalue weighted by Crippen LogP contribution is -2.13. The molecule has 0 aliphatic rings. The van der Waals surface area contributed by atoms with Crippen LogP contribution in [0.5, 0.6) is 0 Å². The Bertz CT molecular complexity index is 43.3. The lowest BCUT2D eigenvalue weighted by molar-refractivity contribution is 0.439. The van der Waals surface area contributed by atoms with E-state index in [-0.39, 0.29) is 0 Å². The molecule has 0 saturated carbocycles. The molecule has 0 rings (SSSR count). The first-order valence-corrected chi connectivity index (χ1v) is 9.27. The van der Waals surface area contributed by atoms with Crippen LogP contribution in [-0.4, -0.2) is 11.5 Å². The molecule has 0 aliphatic heterocycles. The van der Waals surface area contributed by atoms with Crippen molar-refractivity contribution in [3.63, 3.8) is 0 Å². The molecule has 0 amide bonds. The molecule has 0 spiro atoms. The second-order valence-corrected chi connectivity index (χ2v) is 18.2. The molecule has 38 valence electrons. The van der Waals surface area contributed by atoms with E-state index in [1.807, 2.05) is 0 Å². The minimum Gasteiger partial charge on any atom is -0.403 e. The fraction of sp³-hybridized carbons (Fsp3) is 1.00. The first-order chi connectivity index (χ1) is 2.56. The lowest BCUT2D eigenvalue weighted by atomic mass is 11.8. The van der Waals surface area contributed by atoms with Gasteiger partial charge in [0.25, 0.3) is 0 Å². The molecule has 0 radical (unpaired) electrons. The van der Waals surface area contributed by atoms with Gasteiger partial charge in [0.2, 0.25) is 0 Å². The number of halogens is 2. The summed E-state index contributed by atoms with van der Waals surface area (Å²) < 4.78 is 3.63. The molecule has 0 N–H and O–H groups in total. The topological polar surface area (TPSA) is 9.23 Å². The summed E-state index contributed by atoms with van der Waals surface area (Å²) in [4.78, 5) is 0. The molecule has 1 atom stereocenters. The summed E-state index contributed by atoms with van der Waals surface area (Å²) >= 11 is 5.65. The molecule has 0 aromatic carbocycles. The van der Waals surface area contributed by atoms with Crippen molar-refractivity contribution in [3.8, 4) is 0 Å². The van der Waals surface area contributed by atoms with Crippen LogP contribution < -0.4 is 0 Å². The quantitative estimate of drug-likeness (QED) is 0.406. The summed E-state index contributed by atoms with van der Waals surface area (Å²) in [7, 11) is 1.72. The van der Waals surface area contributed by atoms with Gasteiger partial charge in [-0.3, -0.25) is 0 Å². The van der Waals surface area contributed by atoms with Crippen LogP contribution in [0.2, 0.25) is 6.55 Å². The minimum atomic E-state index is -1.35. The van der Waals surface area contributed by atoms with Crippen molar-refractivity contribution in [3.05, 3.63) is 0 Å². The van der Waals surface area contributed by atoms with E-state index in [1.54, 1.807) is 7.11 Å². The Morgan fingerprint density at radius 3 is 2.00 bits per heavy atom. The molecular weight excluding hydrogens is 275 g/mol. The smallest absolute Gasteiger partial charge is 0.327 e.